The maximum Gasteiger partial charge on any atom is 0.251 e. The van der Waals surface area contributed by atoms with E-state index in [-0.39, 0.29) is 17.7 Å². The summed E-state index contributed by atoms with van der Waals surface area (Å²) in [4.78, 5) is 28.3. The molecule has 2 amide bonds. The van der Waals surface area contributed by atoms with Gasteiger partial charge in [-0.15, -0.1) is 0 Å². The Labute approximate surface area is 185 Å². The van der Waals surface area contributed by atoms with E-state index < -0.39 is 0 Å². The lowest BCUT2D eigenvalue weighted by Crippen LogP contribution is -2.43. The van der Waals surface area contributed by atoms with Crippen molar-refractivity contribution in [2.75, 3.05) is 32.0 Å². The Morgan fingerprint density at radius 3 is 2.63 bits per heavy atom. The smallest absolute Gasteiger partial charge is 0.251 e. The number of benzene rings is 2. The van der Waals surface area contributed by atoms with Gasteiger partial charge in [0.1, 0.15) is 0 Å². The van der Waals surface area contributed by atoms with Crippen LogP contribution >= 0.6 is 23.2 Å². The number of hydrogen-bond acceptors (Lipinski definition) is 3. The number of guanidine groups is 1. The first-order valence-electron chi connectivity index (χ1n) is 9.54. The van der Waals surface area contributed by atoms with Crippen molar-refractivity contribution in [2.45, 2.75) is 12.3 Å². The van der Waals surface area contributed by atoms with Gasteiger partial charge in [-0.25, -0.2) is 0 Å². The third kappa shape index (κ3) is 5.64. The fourth-order valence-corrected chi connectivity index (χ4v) is 3.52. The van der Waals surface area contributed by atoms with Gasteiger partial charge in [-0.3, -0.25) is 14.6 Å². The highest BCUT2D eigenvalue weighted by atomic mass is 35.5. The molecule has 0 radical (unpaired) electrons. The van der Waals surface area contributed by atoms with Gasteiger partial charge in [0, 0.05) is 50.3 Å². The van der Waals surface area contributed by atoms with E-state index in [0.29, 0.717) is 47.6 Å². The Bertz CT molecular complexity index is 964. The number of hydrogen-bond donors (Lipinski definition) is 4. The minimum absolute atomic E-state index is 0.00783. The molecule has 0 aromatic heterocycles. The first kappa shape index (κ1) is 21.9. The third-order valence-corrected chi connectivity index (χ3v) is 5.47. The molecule has 1 unspecified atom stereocenters. The first-order chi connectivity index (χ1) is 14.5. The minimum atomic E-state index is -0.233. The van der Waals surface area contributed by atoms with Crippen molar-refractivity contribution >= 4 is 46.7 Å². The van der Waals surface area contributed by atoms with Crippen LogP contribution in [-0.2, 0) is 4.79 Å². The quantitative estimate of drug-likeness (QED) is 0.311. The summed E-state index contributed by atoms with van der Waals surface area (Å²) < 4.78 is 0. The summed E-state index contributed by atoms with van der Waals surface area (Å²) in [6, 6.07) is 12.5. The Balaban J connectivity index is 1.45. The summed E-state index contributed by atoms with van der Waals surface area (Å²) in [5.74, 6) is 0.432. The first-order valence-corrected chi connectivity index (χ1v) is 10.3. The number of halogens is 2. The minimum Gasteiger partial charge on any atom is -0.356 e. The average molecular weight is 448 g/mol. The van der Waals surface area contributed by atoms with Crippen molar-refractivity contribution in [1.82, 2.24) is 16.0 Å². The molecule has 0 saturated carbocycles. The second kappa shape index (κ2) is 10.3. The number of nitrogens with one attached hydrogen (secondary N) is 4. The predicted octanol–water partition coefficient (Wildman–Crippen LogP) is 3.01. The van der Waals surface area contributed by atoms with Crippen molar-refractivity contribution in [3.63, 3.8) is 0 Å². The molecule has 2 aromatic rings. The van der Waals surface area contributed by atoms with Gasteiger partial charge in [-0.05, 0) is 29.8 Å². The number of fused-ring (bicyclic) bond motifs is 1. The van der Waals surface area contributed by atoms with E-state index in [0.717, 1.165) is 11.3 Å². The lowest BCUT2D eigenvalue weighted by Gasteiger charge is -2.26. The summed E-state index contributed by atoms with van der Waals surface area (Å²) in [6.07, 6.45) is 0.417. The molecule has 2 aromatic carbocycles. The summed E-state index contributed by atoms with van der Waals surface area (Å²) >= 11 is 11.8. The zero-order valence-electron chi connectivity index (χ0n) is 16.5. The average Bonchev–Trinajstić information content (AvgIpc) is 2.74. The molecule has 0 aliphatic carbocycles. The van der Waals surface area contributed by atoms with Crippen LogP contribution in [0.1, 0.15) is 28.3 Å². The van der Waals surface area contributed by atoms with Crippen LogP contribution in [0.15, 0.2) is 47.5 Å². The topological polar surface area (TPSA) is 94.6 Å². The van der Waals surface area contributed by atoms with Gasteiger partial charge < -0.3 is 21.3 Å². The van der Waals surface area contributed by atoms with Crippen LogP contribution in [-0.4, -0.2) is 44.5 Å². The van der Waals surface area contributed by atoms with Crippen LogP contribution in [0.3, 0.4) is 0 Å². The molecule has 1 heterocycles. The van der Waals surface area contributed by atoms with E-state index in [1.807, 2.05) is 24.3 Å². The van der Waals surface area contributed by atoms with Crippen LogP contribution in [0.4, 0.5) is 5.69 Å². The molecule has 158 valence electrons. The number of amides is 2. The van der Waals surface area contributed by atoms with E-state index in [2.05, 4.69) is 26.3 Å². The highest BCUT2D eigenvalue weighted by Crippen LogP contribution is 2.31. The Hall–Kier alpha value is -2.77. The molecule has 7 nitrogen and oxygen atoms in total. The zero-order chi connectivity index (χ0) is 21.5. The van der Waals surface area contributed by atoms with Gasteiger partial charge in [0.05, 0.1) is 10.0 Å². The zero-order valence-corrected chi connectivity index (χ0v) is 18.0. The standard InChI is InChI=1S/C21H23Cl2N5O2/c1-24-21(26-9-8-25-20(30)13-6-7-16(22)17(23)10-13)27-12-14-11-19(29)28-18-5-3-2-4-15(14)18/h2-7,10,14H,8-9,11-12H2,1H3,(H,25,30)(H,28,29)(H2,24,26,27). The van der Waals surface area contributed by atoms with Gasteiger partial charge in [-0.1, -0.05) is 41.4 Å². The van der Waals surface area contributed by atoms with E-state index in [1.165, 1.54) is 6.07 Å². The lowest BCUT2D eigenvalue weighted by molar-refractivity contribution is -0.116. The molecular formula is C21H23Cl2N5O2. The van der Waals surface area contributed by atoms with Gasteiger partial charge in [0.25, 0.3) is 5.91 Å². The van der Waals surface area contributed by atoms with E-state index in [9.17, 15) is 9.59 Å². The number of nitrogens with zero attached hydrogens (tertiary/aromatic N) is 1. The fraction of sp³-hybridized carbons (Fsp3) is 0.286. The van der Waals surface area contributed by atoms with E-state index in [4.69, 9.17) is 23.2 Å². The number of aliphatic imine (C=N–C) groups is 1. The lowest BCUT2D eigenvalue weighted by atomic mass is 9.90. The molecule has 1 aliphatic rings. The molecule has 3 rings (SSSR count). The molecular weight excluding hydrogens is 425 g/mol. The van der Waals surface area contributed by atoms with E-state index >= 15 is 0 Å². The van der Waals surface area contributed by atoms with Crippen LogP contribution in [0.25, 0.3) is 0 Å². The number of anilines is 1. The summed E-state index contributed by atoms with van der Waals surface area (Å²) in [6.45, 7) is 1.45. The molecule has 0 fully saturated rings. The van der Waals surface area contributed by atoms with E-state index in [1.54, 1.807) is 19.2 Å². The van der Waals surface area contributed by atoms with Crippen LogP contribution in [0, 0.1) is 0 Å². The molecule has 0 saturated heterocycles. The summed E-state index contributed by atoms with van der Waals surface area (Å²) in [7, 11) is 1.67. The van der Waals surface area contributed by atoms with Crippen molar-refractivity contribution in [3.8, 4) is 0 Å². The van der Waals surface area contributed by atoms with Crippen LogP contribution in [0.2, 0.25) is 10.0 Å². The van der Waals surface area contributed by atoms with Crippen LogP contribution in [0.5, 0.6) is 0 Å². The normalized spacial score (nSPS) is 15.8. The molecule has 4 N–H and O–H groups in total. The highest BCUT2D eigenvalue weighted by Gasteiger charge is 2.24. The Morgan fingerprint density at radius 1 is 1.10 bits per heavy atom. The second-order valence-corrected chi connectivity index (χ2v) is 7.62. The maximum absolute atomic E-state index is 12.2. The summed E-state index contributed by atoms with van der Waals surface area (Å²) in [5, 5.41) is 12.8. The maximum atomic E-state index is 12.2. The molecule has 0 spiro atoms. The molecule has 9 heteroatoms. The van der Waals surface area contributed by atoms with Gasteiger partial charge >= 0.3 is 0 Å². The van der Waals surface area contributed by atoms with Crippen LogP contribution < -0.4 is 21.3 Å². The van der Waals surface area contributed by atoms with Gasteiger partial charge in [-0.2, -0.15) is 0 Å². The third-order valence-electron chi connectivity index (χ3n) is 4.73. The fourth-order valence-electron chi connectivity index (χ4n) is 3.22. The number of carbonyl (C=O) groups excluding carboxylic acids is 2. The molecule has 0 bridgehead atoms. The number of carbonyl (C=O) groups is 2. The molecule has 30 heavy (non-hydrogen) atoms. The molecule has 1 atom stereocenters. The Morgan fingerprint density at radius 2 is 1.87 bits per heavy atom. The monoisotopic (exact) mass is 447 g/mol. The van der Waals surface area contributed by atoms with Gasteiger partial charge in [0.2, 0.25) is 5.91 Å². The largest absolute Gasteiger partial charge is 0.356 e. The van der Waals surface area contributed by atoms with Gasteiger partial charge in [0.15, 0.2) is 5.96 Å². The van der Waals surface area contributed by atoms with Crippen molar-refractivity contribution in [3.05, 3.63) is 63.6 Å². The number of para-hydroxylation sites is 1. The van der Waals surface area contributed by atoms with Crippen molar-refractivity contribution < 1.29 is 9.59 Å². The second-order valence-electron chi connectivity index (χ2n) is 6.80. The van der Waals surface area contributed by atoms with Crippen molar-refractivity contribution in [2.24, 2.45) is 4.99 Å². The SMILES string of the molecule is CN=C(NCCNC(=O)c1ccc(Cl)c(Cl)c1)NCC1CC(=O)Nc2ccccc21. The Kier molecular flexibility index (Phi) is 7.54. The summed E-state index contributed by atoms with van der Waals surface area (Å²) in [5.41, 5.74) is 2.41. The molecule has 1 aliphatic heterocycles. The highest BCUT2D eigenvalue weighted by molar-refractivity contribution is 6.42. The van der Waals surface area contributed by atoms with Crippen molar-refractivity contribution in [1.29, 1.82) is 0 Å². The predicted molar refractivity (Wildman–Crippen MR) is 121 cm³/mol. The number of rotatable bonds is 6.